The van der Waals surface area contributed by atoms with Gasteiger partial charge in [-0.15, -0.1) is 0 Å². The van der Waals surface area contributed by atoms with E-state index in [1.165, 1.54) is 0 Å². The Hall–Kier alpha value is -1.52. The zero-order chi connectivity index (χ0) is 17.6. The van der Waals surface area contributed by atoms with Crippen molar-refractivity contribution < 1.29 is 50.5 Å². The largest absolute Gasteiger partial charge is 0.481 e. The number of carboxylic acid groups (broad SMARTS) is 1. The van der Waals surface area contributed by atoms with Crippen molar-refractivity contribution in [1.29, 1.82) is 0 Å². The molecular weight excluding hydrogens is 338 g/mol. The van der Waals surface area contributed by atoms with Crippen LogP contribution in [0.25, 0.3) is 0 Å². The zero-order valence-corrected chi connectivity index (χ0v) is 11.4. The van der Waals surface area contributed by atoms with Gasteiger partial charge in [-0.25, -0.2) is 0 Å². The summed E-state index contributed by atoms with van der Waals surface area (Å²) < 4.78 is 86.8. The van der Waals surface area contributed by atoms with Crippen LogP contribution in [0.1, 0.15) is 25.7 Å². The average Bonchev–Trinajstić information content (AvgIpc) is 2.96. The van der Waals surface area contributed by atoms with Crippen molar-refractivity contribution in [1.82, 2.24) is 0 Å². The number of ether oxygens (including phenoxy) is 2. The van der Waals surface area contributed by atoms with Crippen LogP contribution in [0.3, 0.4) is 0 Å². The quantitative estimate of drug-likeness (QED) is 0.623. The predicted octanol–water partition coefficient (Wildman–Crippen LogP) is 2.44. The fraction of sp³-hybridized carbons (Fsp3) is 0.833. The Morgan fingerprint density at radius 1 is 1.09 bits per heavy atom. The molecule has 2 bridgehead atoms. The van der Waals surface area contributed by atoms with Gasteiger partial charge < -0.3 is 14.6 Å². The summed E-state index contributed by atoms with van der Waals surface area (Å²) in [6.07, 6.45) is -15.0. The molecule has 0 saturated carbocycles. The number of esters is 1. The summed E-state index contributed by atoms with van der Waals surface area (Å²) in [5.74, 6) is -5.39. The van der Waals surface area contributed by atoms with Crippen molar-refractivity contribution in [2.75, 3.05) is 0 Å². The maximum Gasteiger partial charge on any atom is 0.438 e. The second-order valence-corrected chi connectivity index (χ2v) is 5.53. The van der Waals surface area contributed by atoms with Gasteiger partial charge in [-0.2, -0.15) is 26.3 Å². The third-order valence-electron chi connectivity index (χ3n) is 4.00. The van der Waals surface area contributed by atoms with Crippen molar-refractivity contribution in [2.45, 2.75) is 55.8 Å². The Labute approximate surface area is 125 Å². The molecule has 2 aliphatic heterocycles. The van der Waals surface area contributed by atoms with Crippen LogP contribution in [0.5, 0.6) is 0 Å². The van der Waals surface area contributed by atoms with E-state index in [4.69, 9.17) is 9.84 Å². The molecule has 0 radical (unpaired) electrons. The lowest BCUT2D eigenvalue weighted by atomic mass is 9.88. The normalized spacial score (nSPS) is 28.0. The van der Waals surface area contributed by atoms with Gasteiger partial charge >= 0.3 is 29.9 Å². The fourth-order valence-electron chi connectivity index (χ4n) is 2.86. The first-order valence-electron chi connectivity index (χ1n) is 6.61. The lowest BCUT2D eigenvalue weighted by Crippen LogP contribution is -2.61. The molecule has 0 aromatic rings. The van der Waals surface area contributed by atoms with E-state index in [1.807, 2.05) is 0 Å². The first-order chi connectivity index (χ1) is 10.4. The monoisotopic (exact) mass is 350 g/mol. The zero-order valence-electron chi connectivity index (χ0n) is 11.4. The molecule has 2 aliphatic rings. The summed E-state index contributed by atoms with van der Waals surface area (Å²) >= 11 is 0. The molecule has 11 heteroatoms. The van der Waals surface area contributed by atoms with E-state index in [1.54, 1.807) is 0 Å². The summed E-state index contributed by atoms with van der Waals surface area (Å²) in [7, 11) is 0. The second-order valence-electron chi connectivity index (χ2n) is 5.53. The highest BCUT2D eigenvalue weighted by Crippen LogP contribution is 2.49. The molecule has 1 N–H and O–H groups in total. The van der Waals surface area contributed by atoms with Gasteiger partial charge in [0.15, 0.2) is 0 Å². The molecule has 0 aromatic carbocycles. The molecule has 3 unspecified atom stereocenters. The highest BCUT2D eigenvalue weighted by molar-refractivity contribution is 5.76. The van der Waals surface area contributed by atoms with Gasteiger partial charge in [-0.1, -0.05) is 0 Å². The number of halogens is 6. The molecule has 2 heterocycles. The third-order valence-corrected chi connectivity index (χ3v) is 4.00. The van der Waals surface area contributed by atoms with Crippen molar-refractivity contribution in [2.24, 2.45) is 5.92 Å². The summed E-state index contributed by atoms with van der Waals surface area (Å²) in [5.41, 5.74) is -5.08. The van der Waals surface area contributed by atoms with Gasteiger partial charge in [0, 0.05) is 0 Å². The number of rotatable bonds is 4. The summed E-state index contributed by atoms with van der Waals surface area (Å²) in [6, 6.07) is 0. The summed E-state index contributed by atoms with van der Waals surface area (Å²) in [4.78, 5) is 22.4. The molecule has 2 rings (SSSR count). The van der Waals surface area contributed by atoms with Gasteiger partial charge in [0.2, 0.25) is 0 Å². The van der Waals surface area contributed by atoms with E-state index in [0.717, 1.165) is 0 Å². The van der Waals surface area contributed by atoms with Gasteiger partial charge in [-0.05, 0) is 19.3 Å². The Morgan fingerprint density at radius 3 is 2.00 bits per heavy atom. The maximum absolute atomic E-state index is 13.0. The second kappa shape index (κ2) is 5.53. The van der Waals surface area contributed by atoms with Gasteiger partial charge in [-0.3, -0.25) is 9.59 Å². The summed E-state index contributed by atoms with van der Waals surface area (Å²) in [6.45, 7) is 0. The minimum atomic E-state index is -6.13. The number of carboxylic acids is 1. The molecule has 132 valence electrons. The van der Waals surface area contributed by atoms with E-state index < -0.39 is 54.4 Å². The number of carbonyl (C=O) groups excluding carboxylic acids is 1. The van der Waals surface area contributed by atoms with Crippen LogP contribution in [0.4, 0.5) is 26.3 Å². The van der Waals surface area contributed by atoms with E-state index in [-0.39, 0.29) is 6.42 Å². The van der Waals surface area contributed by atoms with Gasteiger partial charge in [0.1, 0.15) is 6.42 Å². The minimum absolute atomic E-state index is 0.0393. The number of fused-ring (bicyclic) bond motifs is 2. The lowest BCUT2D eigenvalue weighted by Gasteiger charge is -2.36. The third kappa shape index (κ3) is 3.10. The molecule has 2 fully saturated rings. The Kier molecular flexibility index (Phi) is 4.29. The molecule has 0 aliphatic carbocycles. The van der Waals surface area contributed by atoms with Crippen LogP contribution >= 0.6 is 0 Å². The molecule has 2 saturated heterocycles. The van der Waals surface area contributed by atoms with E-state index >= 15 is 0 Å². The van der Waals surface area contributed by atoms with Crippen LogP contribution < -0.4 is 0 Å². The van der Waals surface area contributed by atoms with Crippen molar-refractivity contribution in [3.8, 4) is 0 Å². The topological polar surface area (TPSA) is 72.8 Å². The average molecular weight is 350 g/mol. The number of alkyl halides is 6. The molecular formula is C12H12F6O5. The molecule has 0 spiro atoms. The van der Waals surface area contributed by atoms with E-state index in [9.17, 15) is 35.9 Å². The predicted molar refractivity (Wildman–Crippen MR) is 59.2 cm³/mol. The van der Waals surface area contributed by atoms with Crippen LogP contribution in [0, 0.1) is 5.92 Å². The molecule has 5 nitrogen and oxygen atoms in total. The molecule has 3 atom stereocenters. The van der Waals surface area contributed by atoms with Crippen LogP contribution in [0.2, 0.25) is 0 Å². The summed E-state index contributed by atoms with van der Waals surface area (Å²) in [5, 5.41) is 8.44. The first kappa shape index (κ1) is 17.8. The van der Waals surface area contributed by atoms with Crippen molar-refractivity contribution in [3.05, 3.63) is 0 Å². The van der Waals surface area contributed by atoms with Crippen molar-refractivity contribution >= 4 is 11.9 Å². The maximum atomic E-state index is 13.0. The Balaban J connectivity index is 2.30. The number of hydrogen-bond donors (Lipinski definition) is 1. The highest BCUT2D eigenvalue weighted by atomic mass is 19.4. The lowest BCUT2D eigenvalue weighted by molar-refractivity contribution is -0.370. The van der Waals surface area contributed by atoms with E-state index in [0.29, 0.717) is 12.8 Å². The molecule has 0 amide bonds. The Morgan fingerprint density at radius 2 is 1.65 bits per heavy atom. The number of carbonyl (C=O) groups is 2. The molecule has 0 aromatic heterocycles. The van der Waals surface area contributed by atoms with Crippen LogP contribution in [0.15, 0.2) is 0 Å². The van der Waals surface area contributed by atoms with Crippen LogP contribution in [-0.2, 0) is 19.1 Å². The Bertz CT molecular complexity index is 485. The van der Waals surface area contributed by atoms with Gasteiger partial charge in [0.25, 0.3) is 0 Å². The van der Waals surface area contributed by atoms with Gasteiger partial charge in [0.05, 0.1) is 18.1 Å². The standard InChI is InChI=1S/C12H12F6O5/c13-11(14,15)10(4-8(19)20,12(16,17)18)23-9(21)6-3-5-1-2-7(6)22-5/h5-7H,1-4H2,(H,19,20). The smallest absolute Gasteiger partial charge is 0.438 e. The molecule has 23 heavy (non-hydrogen) atoms. The highest BCUT2D eigenvalue weighted by Gasteiger charge is 2.75. The van der Waals surface area contributed by atoms with Crippen LogP contribution in [-0.4, -0.2) is 47.2 Å². The fourth-order valence-corrected chi connectivity index (χ4v) is 2.86. The SMILES string of the molecule is O=C(O)CC(OC(=O)C1CC2CCC1O2)(C(F)(F)F)C(F)(F)F. The minimum Gasteiger partial charge on any atom is -0.481 e. The first-order valence-corrected chi connectivity index (χ1v) is 6.61. The number of aliphatic carboxylic acids is 1. The number of hydrogen-bond acceptors (Lipinski definition) is 4. The van der Waals surface area contributed by atoms with Crippen molar-refractivity contribution in [3.63, 3.8) is 0 Å². The van der Waals surface area contributed by atoms with E-state index in [2.05, 4.69) is 4.74 Å².